The molecule has 2 unspecified atom stereocenters. The largest absolute Gasteiger partial charge is 0.491 e. The van der Waals surface area contributed by atoms with Gasteiger partial charge in [0.1, 0.15) is 6.04 Å². The van der Waals surface area contributed by atoms with Gasteiger partial charge in [-0.25, -0.2) is 14.4 Å². The number of amides is 2. The van der Waals surface area contributed by atoms with Gasteiger partial charge in [-0.1, -0.05) is 0 Å². The maximum absolute atomic E-state index is 12.7. The van der Waals surface area contributed by atoms with E-state index in [9.17, 15) is 27.6 Å². The summed E-state index contributed by atoms with van der Waals surface area (Å²) in [7, 11) is 0. The van der Waals surface area contributed by atoms with E-state index in [0.29, 0.717) is 32.7 Å². The highest BCUT2D eigenvalue weighted by Gasteiger charge is 2.49. The van der Waals surface area contributed by atoms with Crippen LogP contribution in [0.15, 0.2) is 0 Å². The quantitative estimate of drug-likeness (QED) is 0.545. The van der Waals surface area contributed by atoms with Crippen molar-refractivity contribution in [2.45, 2.75) is 50.6 Å². The minimum Gasteiger partial charge on any atom is -0.385 e. The second-order valence-corrected chi connectivity index (χ2v) is 7.39. The van der Waals surface area contributed by atoms with Crippen molar-refractivity contribution in [3.05, 3.63) is 0 Å². The molecule has 3 atom stereocenters. The van der Waals surface area contributed by atoms with E-state index in [1.807, 2.05) is 0 Å². The standard InChI is InChI=1S/C16H23F3N4O4/c1-9(2)22-7-10(5-12(22)13(24)27-14(25)16(17,18)19)23-8-11-6-20-3-4-21(11)15(23)26/h9-12,20H,3-8H2,1-2H3/t10?,11-,12?/m0/s1. The van der Waals surface area contributed by atoms with Gasteiger partial charge in [0.15, 0.2) is 0 Å². The molecule has 1 N–H and O–H groups in total. The van der Waals surface area contributed by atoms with Crippen LogP contribution >= 0.6 is 0 Å². The topological polar surface area (TPSA) is 82.2 Å². The molecule has 0 aromatic rings. The van der Waals surface area contributed by atoms with Crippen molar-refractivity contribution in [2.24, 2.45) is 0 Å². The van der Waals surface area contributed by atoms with Gasteiger partial charge in [-0.2, -0.15) is 13.2 Å². The zero-order valence-electron chi connectivity index (χ0n) is 15.2. The maximum Gasteiger partial charge on any atom is 0.491 e. The number of halogens is 3. The summed E-state index contributed by atoms with van der Waals surface area (Å²) in [5, 5.41) is 3.23. The summed E-state index contributed by atoms with van der Waals surface area (Å²) in [6.07, 6.45) is -5.08. The van der Waals surface area contributed by atoms with E-state index >= 15 is 0 Å². The van der Waals surface area contributed by atoms with Crippen molar-refractivity contribution >= 4 is 18.0 Å². The van der Waals surface area contributed by atoms with E-state index in [0.717, 1.165) is 0 Å². The molecule has 0 aliphatic carbocycles. The van der Waals surface area contributed by atoms with Gasteiger partial charge in [0.2, 0.25) is 0 Å². The molecule has 3 fully saturated rings. The lowest BCUT2D eigenvalue weighted by Gasteiger charge is -2.28. The molecule has 3 aliphatic rings. The van der Waals surface area contributed by atoms with E-state index in [1.54, 1.807) is 28.5 Å². The molecule has 0 bridgehead atoms. The zero-order chi connectivity index (χ0) is 19.9. The lowest BCUT2D eigenvalue weighted by molar-refractivity contribution is -0.203. The lowest BCUT2D eigenvalue weighted by atomic mass is 10.1. The molecule has 3 heterocycles. The second-order valence-electron chi connectivity index (χ2n) is 7.39. The maximum atomic E-state index is 12.7. The van der Waals surface area contributed by atoms with Gasteiger partial charge >= 0.3 is 24.1 Å². The molecule has 8 nitrogen and oxygen atoms in total. The molecule has 2 amide bonds. The Morgan fingerprint density at radius 3 is 2.48 bits per heavy atom. The summed E-state index contributed by atoms with van der Waals surface area (Å²) >= 11 is 0. The monoisotopic (exact) mass is 392 g/mol. The highest BCUT2D eigenvalue weighted by Crippen LogP contribution is 2.30. The number of likely N-dealkylation sites (tertiary alicyclic amines) is 1. The number of hydrogen-bond donors (Lipinski definition) is 1. The number of rotatable bonds is 3. The third-order valence-corrected chi connectivity index (χ3v) is 5.37. The number of nitrogens with zero attached hydrogens (tertiary/aromatic N) is 3. The normalized spacial score (nSPS) is 29.4. The van der Waals surface area contributed by atoms with Crippen LogP contribution in [0.2, 0.25) is 0 Å². The van der Waals surface area contributed by atoms with Crippen LogP contribution in [-0.2, 0) is 14.3 Å². The molecule has 152 valence electrons. The molecule has 11 heteroatoms. The average Bonchev–Trinajstić information content (AvgIpc) is 3.16. The highest BCUT2D eigenvalue weighted by atomic mass is 19.4. The van der Waals surface area contributed by atoms with Crippen molar-refractivity contribution < 1.29 is 32.3 Å². The first-order chi connectivity index (χ1) is 12.6. The summed E-state index contributed by atoms with van der Waals surface area (Å²) in [5.74, 6) is -3.74. The molecular formula is C16H23F3N4O4. The molecule has 0 aromatic heterocycles. The molecular weight excluding hydrogens is 369 g/mol. The van der Waals surface area contributed by atoms with Gasteiger partial charge in [-0.3, -0.25) is 4.90 Å². The number of piperazine rings is 1. The van der Waals surface area contributed by atoms with E-state index in [-0.39, 0.29) is 30.6 Å². The Morgan fingerprint density at radius 1 is 1.19 bits per heavy atom. The highest BCUT2D eigenvalue weighted by molar-refractivity contribution is 5.91. The number of esters is 2. The Balaban J connectivity index is 1.70. The summed E-state index contributed by atoms with van der Waals surface area (Å²) in [5.41, 5.74) is 0. The van der Waals surface area contributed by atoms with Gasteiger partial charge in [-0.05, 0) is 20.3 Å². The fourth-order valence-corrected chi connectivity index (χ4v) is 4.03. The predicted octanol–water partition coefficient (Wildman–Crippen LogP) is 0.179. The van der Waals surface area contributed by atoms with Crippen LogP contribution < -0.4 is 5.32 Å². The van der Waals surface area contributed by atoms with E-state index < -0.39 is 24.2 Å². The van der Waals surface area contributed by atoms with E-state index in [4.69, 9.17) is 0 Å². The Labute approximate surface area is 154 Å². The number of hydrogen-bond acceptors (Lipinski definition) is 6. The summed E-state index contributed by atoms with van der Waals surface area (Å²) in [6.45, 7) is 6.46. The fraction of sp³-hybridized carbons (Fsp3) is 0.812. The number of ether oxygens (including phenoxy) is 1. The van der Waals surface area contributed by atoms with E-state index in [2.05, 4.69) is 10.1 Å². The number of nitrogens with one attached hydrogen (secondary N) is 1. The van der Waals surface area contributed by atoms with Gasteiger partial charge in [-0.15, -0.1) is 0 Å². The van der Waals surface area contributed by atoms with Crippen LogP contribution in [0.25, 0.3) is 0 Å². The van der Waals surface area contributed by atoms with Crippen LogP contribution in [0, 0.1) is 0 Å². The Bertz CT molecular complexity index is 627. The average molecular weight is 392 g/mol. The Hall–Kier alpha value is -1.88. The van der Waals surface area contributed by atoms with Gasteiger partial charge in [0.05, 0.1) is 6.04 Å². The van der Waals surface area contributed by atoms with Gasteiger partial charge < -0.3 is 19.9 Å². The third-order valence-electron chi connectivity index (χ3n) is 5.37. The van der Waals surface area contributed by atoms with Crippen LogP contribution in [0.3, 0.4) is 0 Å². The van der Waals surface area contributed by atoms with Crippen LogP contribution in [0.4, 0.5) is 18.0 Å². The first kappa shape index (κ1) is 19.9. The number of carbonyl (C=O) groups is 3. The Kier molecular flexibility index (Phi) is 5.35. The molecule has 3 aliphatic heterocycles. The fourth-order valence-electron chi connectivity index (χ4n) is 4.03. The van der Waals surface area contributed by atoms with Crippen molar-refractivity contribution in [3.63, 3.8) is 0 Å². The minimum atomic E-state index is -5.22. The SMILES string of the molecule is CC(C)N1CC(N2C[C@@H]3CNCCN3C2=O)CC1C(=O)OC(=O)C(F)(F)F. The van der Waals surface area contributed by atoms with Gasteiger partial charge in [0.25, 0.3) is 0 Å². The van der Waals surface area contributed by atoms with Crippen LogP contribution in [-0.4, -0.2) is 95.7 Å². The van der Waals surface area contributed by atoms with Crippen molar-refractivity contribution in [1.82, 2.24) is 20.0 Å². The van der Waals surface area contributed by atoms with Crippen molar-refractivity contribution in [3.8, 4) is 0 Å². The summed E-state index contributed by atoms with van der Waals surface area (Å²) in [6, 6.07) is -1.53. The molecule has 0 spiro atoms. The van der Waals surface area contributed by atoms with Crippen LogP contribution in [0.5, 0.6) is 0 Å². The zero-order valence-corrected chi connectivity index (χ0v) is 15.2. The number of fused-ring (bicyclic) bond motifs is 1. The molecule has 0 aromatic carbocycles. The predicted molar refractivity (Wildman–Crippen MR) is 86.7 cm³/mol. The molecule has 3 rings (SSSR count). The smallest absolute Gasteiger partial charge is 0.385 e. The molecule has 27 heavy (non-hydrogen) atoms. The van der Waals surface area contributed by atoms with Gasteiger partial charge in [0, 0.05) is 44.8 Å². The van der Waals surface area contributed by atoms with Crippen molar-refractivity contribution in [1.29, 1.82) is 0 Å². The van der Waals surface area contributed by atoms with Crippen molar-refractivity contribution in [2.75, 3.05) is 32.7 Å². The number of carbonyl (C=O) groups excluding carboxylic acids is 3. The summed E-state index contributed by atoms with van der Waals surface area (Å²) < 4.78 is 41.2. The molecule has 0 saturated carbocycles. The lowest BCUT2D eigenvalue weighted by Crippen LogP contribution is -2.50. The second kappa shape index (κ2) is 7.27. The first-order valence-electron chi connectivity index (χ1n) is 8.96. The summed E-state index contributed by atoms with van der Waals surface area (Å²) in [4.78, 5) is 41.0. The molecule has 0 radical (unpaired) electrons. The number of urea groups is 1. The van der Waals surface area contributed by atoms with E-state index in [1.165, 1.54) is 0 Å². The first-order valence-corrected chi connectivity index (χ1v) is 8.96. The number of alkyl halides is 3. The van der Waals surface area contributed by atoms with Crippen LogP contribution in [0.1, 0.15) is 20.3 Å². The minimum absolute atomic E-state index is 0.0524. The molecule has 3 saturated heterocycles. The Morgan fingerprint density at radius 2 is 1.89 bits per heavy atom. The third kappa shape index (κ3) is 3.88.